The second-order valence-electron chi connectivity index (χ2n) is 4.46. The molecule has 0 aromatic carbocycles. The molecule has 0 bridgehead atoms. The first-order valence-electron chi connectivity index (χ1n) is 6.02. The molecule has 17 heavy (non-hydrogen) atoms. The Morgan fingerprint density at radius 2 is 2.06 bits per heavy atom. The van der Waals surface area contributed by atoms with Gasteiger partial charge in [-0.2, -0.15) is 23.5 Å². The summed E-state index contributed by atoms with van der Waals surface area (Å²) in [6.45, 7) is 4.50. The number of rotatable bonds is 9. The molecule has 0 aliphatic rings. The van der Waals surface area contributed by atoms with Crippen LogP contribution in [0.2, 0.25) is 0 Å². The molecule has 102 valence electrons. The van der Waals surface area contributed by atoms with Gasteiger partial charge < -0.3 is 5.32 Å². The van der Waals surface area contributed by atoms with E-state index in [1.165, 1.54) is 5.57 Å². The van der Waals surface area contributed by atoms with Crippen LogP contribution in [0.5, 0.6) is 0 Å². The Kier molecular flexibility index (Phi) is 10.5. The number of nitrogens with one attached hydrogen (secondary N) is 1. The Labute approximate surface area is 114 Å². The highest BCUT2D eigenvalue weighted by Gasteiger charge is 2.14. The molecule has 0 aliphatic carbocycles. The average molecular weight is 279 g/mol. The number of halogens is 1. The fourth-order valence-electron chi connectivity index (χ4n) is 1.76. The van der Waals surface area contributed by atoms with Crippen LogP contribution in [-0.2, 0) is 0 Å². The largest absolute Gasteiger partial charge is 0.317 e. The molecule has 0 rings (SSSR count). The number of allylic oxidation sites excluding steroid dienone is 2. The van der Waals surface area contributed by atoms with E-state index < -0.39 is 6.17 Å². The van der Waals surface area contributed by atoms with Crippen molar-refractivity contribution in [3.05, 3.63) is 11.6 Å². The molecule has 1 N–H and O–H groups in total. The zero-order valence-corrected chi connectivity index (χ0v) is 13.3. The van der Waals surface area contributed by atoms with Gasteiger partial charge in [-0.25, -0.2) is 4.39 Å². The van der Waals surface area contributed by atoms with Gasteiger partial charge in [-0.15, -0.1) is 0 Å². The molecule has 3 atom stereocenters. The van der Waals surface area contributed by atoms with Crippen molar-refractivity contribution in [3.63, 3.8) is 0 Å². The van der Waals surface area contributed by atoms with Gasteiger partial charge in [0, 0.05) is 23.5 Å². The molecule has 0 fully saturated rings. The normalized spacial score (nSPS) is 17.9. The fourth-order valence-corrected chi connectivity index (χ4v) is 3.63. The van der Waals surface area contributed by atoms with Gasteiger partial charge in [0.15, 0.2) is 0 Å². The topological polar surface area (TPSA) is 12.0 Å². The van der Waals surface area contributed by atoms with E-state index in [9.17, 15) is 4.39 Å². The van der Waals surface area contributed by atoms with Gasteiger partial charge >= 0.3 is 0 Å². The molecule has 4 heteroatoms. The van der Waals surface area contributed by atoms with Crippen molar-refractivity contribution < 1.29 is 4.39 Å². The summed E-state index contributed by atoms with van der Waals surface area (Å²) in [5.41, 5.74) is 1.31. The second-order valence-corrected chi connectivity index (χ2v) is 6.51. The fraction of sp³-hybridized carbons (Fsp3) is 0.846. The van der Waals surface area contributed by atoms with Gasteiger partial charge in [0.05, 0.1) is 0 Å². The van der Waals surface area contributed by atoms with E-state index in [1.807, 2.05) is 30.4 Å². The first-order chi connectivity index (χ1) is 8.04. The lowest BCUT2D eigenvalue weighted by molar-refractivity contribution is 0.269. The van der Waals surface area contributed by atoms with Crippen LogP contribution in [0.15, 0.2) is 11.6 Å². The van der Waals surface area contributed by atoms with Gasteiger partial charge in [-0.3, -0.25) is 0 Å². The maximum atomic E-state index is 13.6. The molecule has 0 saturated heterocycles. The third kappa shape index (κ3) is 8.11. The van der Waals surface area contributed by atoms with E-state index in [-0.39, 0.29) is 5.92 Å². The van der Waals surface area contributed by atoms with Crippen LogP contribution < -0.4 is 5.32 Å². The third-order valence-electron chi connectivity index (χ3n) is 2.75. The van der Waals surface area contributed by atoms with E-state index >= 15 is 0 Å². The summed E-state index contributed by atoms with van der Waals surface area (Å²) in [6, 6.07) is 0. The van der Waals surface area contributed by atoms with E-state index in [2.05, 4.69) is 30.8 Å². The SMILES string of the molecule is CNCC(F)C(C)C=C(C)CC(CSC)SC. The Morgan fingerprint density at radius 3 is 2.53 bits per heavy atom. The van der Waals surface area contributed by atoms with Gasteiger partial charge in [-0.1, -0.05) is 18.6 Å². The molecule has 0 spiro atoms. The highest BCUT2D eigenvalue weighted by Crippen LogP contribution is 2.21. The Hall–Kier alpha value is 0.330. The smallest absolute Gasteiger partial charge is 0.118 e. The molecule has 3 unspecified atom stereocenters. The number of hydrogen-bond donors (Lipinski definition) is 1. The van der Waals surface area contributed by atoms with E-state index in [4.69, 9.17) is 0 Å². The molecule has 1 nitrogen and oxygen atoms in total. The Morgan fingerprint density at radius 1 is 1.41 bits per heavy atom. The monoisotopic (exact) mass is 279 g/mol. The minimum Gasteiger partial charge on any atom is -0.317 e. The maximum absolute atomic E-state index is 13.6. The van der Waals surface area contributed by atoms with E-state index in [1.54, 1.807) is 7.05 Å². The van der Waals surface area contributed by atoms with Crippen LogP contribution in [0.1, 0.15) is 20.3 Å². The number of hydrogen-bond acceptors (Lipinski definition) is 3. The molecular formula is C13H26FNS2. The predicted molar refractivity (Wildman–Crippen MR) is 82.0 cm³/mol. The lowest BCUT2D eigenvalue weighted by Gasteiger charge is -2.17. The number of alkyl halides is 1. The summed E-state index contributed by atoms with van der Waals surface area (Å²) in [7, 11) is 1.79. The zero-order chi connectivity index (χ0) is 13.3. The Balaban J connectivity index is 4.22. The van der Waals surface area contributed by atoms with Crippen LogP contribution in [0.3, 0.4) is 0 Å². The molecule has 0 saturated carbocycles. The van der Waals surface area contributed by atoms with Gasteiger partial charge in [0.2, 0.25) is 0 Å². The minimum absolute atomic E-state index is 0.000708. The quantitative estimate of drug-likeness (QED) is 0.648. The summed E-state index contributed by atoms with van der Waals surface area (Å²) in [4.78, 5) is 0. The second kappa shape index (κ2) is 10.3. The summed E-state index contributed by atoms with van der Waals surface area (Å²) in [6.07, 6.45) is 6.65. The number of thioether (sulfide) groups is 2. The van der Waals surface area contributed by atoms with Crippen LogP contribution in [0.4, 0.5) is 4.39 Å². The van der Waals surface area contributed by atoms with Crippen molar-refractivity contribution in [3.8, 4) is 0 Å². The minimum atomic E-state index is -0.789. The third-order valence-corrected chi connectivity index (χ3v) is 4.70. The first-order valence-corrected chi connectivity index (χ1v) is 8.71. The highest BCUT2D eigenvalue weighted by molar-refractivity contribution is 8.02. The van der Waals surface area contributed by atoms with E-state index in [0.29, 0.717) is 11.8 Å². The van der Waals surface area contributed by atoms with Crippen LogP contribution >= 0.6 is 23.5 Å². The zero-order valence-electron chi connectivity index (χ0n) is 11.6. The van der Waals surface area contributed by atoms with Gasteiger partial charge in [0.25, 0.3) is 0 Å². The molecule has 0 amide bonds. The molecular weight excluding hydrogens is 253 g/mol. The summed E-state index contributed by atoms with van der Waals surface area (Å²) in [5.74, 6) is 1.16. The van der Waals surface area contributed by atoms with Crippen LogP contribution in [0.25, 0.3) is 0 Å². The summed E-state index contributed by atoms with van der Waals surface area (Å²) < 4.78 is 13.6. The molecule has 0 aromatic heterocycles. The van der Waals surface area contributed by atoms with Crippen LogP contribution in [-0.4, -0.2) is 43.3 Å². The van der Waals surface area contributed by atoms with E-state index in [0.717, 1.165) is 12.2 Å². The average Bonchev–Trinajstić information content (AvgIpc) is 2.28. The predicted octanol–water partition coefficient (Wildman–Crippen LogP) is 3.61. The molecule has 0 aromatic rings. The maximum Gasteiger partial charge on any atom is 0.118 e. The summed E-state index contributed by atoms with van der Waals surface area (Å²) >= 11 is 3.78. The molecule has 0 radical (unpaired) electrons. The molecule has 0 aliphatic heterocycles. The van der Waals surface area contributed by atoms with Crippen LogP contribution in [0, 0.1) is 5.92 Å². The van der Waals surface area contributed by atoms with Crippen molar-refractivity contribution in [2.24, 2.45) is 5.92 Å². The molecule has 0 heterocycles. The van der Waals surface area contributed by atoms with Crippen molar-refractivity contribution in [2.75, 3.05) is 31.9 Å². The van der Waals surface area contributed by atoms with Crippen molar-refractivity contribution in [1.29, 1.82) is 0 Å². The van der Waals surface area contributed by atoms with Gasteiger partial charge in [-0.05, 0) is 32.9 Å². The van der Waals surface area contributed by atoms with Gasteiger partial charge in [0.1, 0.15) is 6.17 Å². The summed E-state index contributed by atoms with van der Waals surface area (Å²) in [5, 5.41) is 3.53. The first kappa shape index (κ1) is 17.3. The lowest BCUT2D eigenvalue weighted by atomic mass is 10.0. The van der Waals surface area contributed by atoms with Crippen molar-refractivity contribution in [1.82, 2.24) is 5.32 Å². The standard InChI is InChI=1S/C13H26FNS2/c1-10(7-12(17-5)9-16-4)6-11(2)13(14)8-15-3/h6,11-13,15H,7-9H2,1-5H3. The van der Waals surface area contributed by atoms with Crippen molar-refractivity contribution >= 4 is 23.5 Å². The van der Waals surface area contributed by atoms with Crippen molar-refractivity contribution in [2.45, 2.75) is 31.7 Å². The lowest BCUT2D eigenvalue weighted by Crippen LogP contribution is -2.25. The highest BCUT2D eigenvalue weighted by atomic mass is 32.2. The Bertz CT molecular complexity index is 221.